The van der Waals surface area contributed by atoms with Crippen molar-refractivity contribution < 1.29 is 32.9 Å². The van der Waals surface area contributed by atoms with E-state index in [4.69, 9.17) is 33.0 Å². The highest BCUT2D eigenvalue weighted by atomic mass is 35.5. The maximum atomic E-state index is 14.1. The van der Waals surface area contributed by atoms with Gasteiger partial charge in [-0.2, -0.15) is 13.2 Å². The summed E-state index contributed by atoms with van der Waals surface area (Å²) in [6.45, 7) is 1.16. The van der Waals surface area contributed by atoms with E-state index in [1.54, 1.807) is 0 Å². The van der Waals surface area contributed by atoms with Crippen LogP contribution >= 0.6 is 23.2 Å². The minimum Gasteiger partial charge on any atom is -0.476 e. The third-order valence-electron chi connectivity index (χ3n) is 4.73. The van der Waals surface area contributed by atoms with Crippen LogP contribution in [-0.2, 0) is 5.60 Å². The summed E-state index contributed by atoms with van der Waals surface area (Å²) < 4.78 is 47.7. The second-order valence-electron chi connectivity index (χ2n) is 6.68. The van der Waals surface area contributed by atoms with Crippen molar-refractivity contribution in [2.24, 2.45) is 0 Å². The van der Waals surface area contributed by atoms with Crippen molar-refractivity contribution in [1.82, 2.24) is 15.0 Å². The Morgan fingerprint density at radius 2 is 1.81 bits per heavy atom. The molecule has 0 fully saturated rings. The second kappa shape index (κ2) is 8.89. The van der Waals surface area contributed by atoms with Gasteiger partial charge in [0, 0.05) is 17.1 Å². The number of rotatable bonds is 6. The summed E-state index contributed by atoms with van der Waals surface area (Å²) in [5, 5.41) is 19.5. The quantitative estimate of drug-likeness (QED) is 0.459. The van der Waals surface area contributed by atoms with Crippen molar-refractivity contribution in [3.8, 4) is 11.6 Å². The van der Waals surface area contributed by atoms with E-state index in [1.165, 1.54) is 18.2 Å². The van der Waals surface area contributed by atoms with E-state index in [9.17, 15) is 23.1 Å². The van der Waals surface area contributed by atoms with E-state index in [-0.39, 0.29) is 33.1 Å². The smallest absolute Gasteiger partial charge is 0.422 e. The Balaban J connectivity index is 2.01. The van der Waals surface area contributed by atoms with Gasteiger partial charge in [0.25, 0.3) is 0 Å². The third kappa shape index (κ3) is 4.62. The molecule has 0 aliphatic rings. The minimum atomic E-state index is -5.09. The first kappa shape index (κ1) is 23.7. The molecule has 0 bridgehead atoms. The lowest BCUT2D eigenvalue weighted by atomic mass is 9.78. The lowest BCUT2D eigenvalue weighted by Gasteiger charge is -2.37. The van der Waals surface area contributed by atoms with Crippen LogP contribution in [0.15, 0.2) is 48.9 Å². The molecule has 0 aliphatic carbocycles. The van der Waals surface area contributed by atoms with Crippen molar-refractivity contribution in [3.05, 3.63) is 75.9 Å². The SMILES string of the molecule is CC(c1cc(Oc2cnc(C(=O)O)cn2)ccc1Cl)C(O)(c1ccnc(Cl)c1)C(F)(F)F. The average Bonchev–Trinajstić information content (AvgIpc) is 2.73. The maximum Gasteiger partial charge on any atom is 0.422 e. The van der Waals surface area contributed by atoms with Gasteiger partial charge in [-0.1, -0.05) is 30.1 Å². The van der Waals surface area contributed by atoms with Crippen molar-refractivity contribution in [2.45, 2.75) is 24.6 Å². The molecule has 32 heavy (non-hydrogen) atoms. The topological polar surface area (TPSA) is 105 Å². The van der Waals surface area contributed by atoms with E-state index in [0.717, 1.165) is 37.6 Å². The number of hydrogen-bond donors (Lipinski definition) is 2. The highest BCUT2D eigenvalue weighted by molar-refractivity contribution is 6.31. The number of aromatic nitrogens is 3. The standard InChI is InChI=1S/C20H14Cl2F3N3O4/c1-10(19(31,20(23,24)25)11-4-5-26-16(22)6-11)13-7-12(2-3-14(13)21)32-17-9-27-15(8-28-17)18(29)30/h2-10,31H,1H3,(H,29,30). The first-order valence-corrected chi connectivity index (χ1v) is 9.63. The van der Waals surface area contributed by atoms with Gasteiger partial charge in [-0.15, -0.1) is 0 Å². The zero-order chi connectivity index (χ0) is 23.7. The van der Waals surface area contributed by atoms with E-state index < -0.39 is 29.2 Å². The van der Waals surface area contributed by atoms with Crippen LogP contribution in [0, 0.1) is 0 Å². The Morgan fingerprint density at radius 1 is 1.09 bits per heavy atom. The first-order chi connectivity index (χ1) is 14.9. The maximum absolute atomic E-state index is 14.1. The van der Waals surface area contributed by atoms with Gasteiger partial charge < -0.3 is 14.9 Å². The van der Waals surface area contributed by atoms with Crippen LogP contribution in [-0.4, -0.2) is 37.3 Å². The number of pyridine rings is 1. The molecule has 7 nitrogen and oxygen atoms in total. The third-order valence-corrected chi connectivity index (χ3v) is 5.28. The molecule has 12 heteroatoms. The number of aromatic carboxylic acids is 1. The summed E-state index contributed by atoms with van der Waals surface area (Å²) in [6.07, 6.45) is -2.02. The van der Waals surface area contributed by atoms with Gasteiger partial charge in [0.1, 0.15) is 10.9 Å². The zero-order valence-corrected chi connectivity index (χ0v) is 17.7. The molecule has 0 spiro atoms. The lowest BCUT2D eigenvalue weighted by Crippen LogP contribution is -2.46. The van der Waals surface area contributed by atoms with Crippen LogP contribution in [0.3, 0.4) is 0 Å². The predicted octanol–water partition coefficient (Wildman–Crippen LogP) is 5.22. The first-order valence-electron chi connectivity index (χ1n) is 8.87. The molecule has 0 aliphatic heterocycles. The Labute approximate surface area is 189 Å². The van der Waals surface area contributed by atoms with Crippen LogP contribution < -0.4 is 4.74 Å². The Morgan fingerprint density at radius 3 is 2.38 bits per heavy atom. The lowest BCUT2D eigenvalue weighted by molar-refractivity contribution is -0.274. The molecule has 2 atom stereocenters. The summed E-state index contributed by atoms with van der Waals surface area (Å²) in [5.41, 5.74) is -4.22. The summed E-state index contributed by atoms with van der Waals surface area (Å²) >= 11 is 11.9. The molecule has 3 rings (SSSR count). The number of aliphatic hydroxyl groups is 1. The van der Waals surface area contributed by atoms with Crippen molar-refractivity contribution in [3.63, 3.8) is 0 Å². The molecule has 0 saturated carbocycles. The van der Waals surface area contributed by atoms with Crippen molar-refractivity contribution in [2.75, 3.05) is 0 Å². The van der Waals surface area contributed by atoms with Crippen molar-refractivity contribution >= 4 is 29.2 Å². The second-order valence-corrected chi connectivity index (χ2v) is 7.48. The van der Waals surface area contributed by atoms with Crippen molar-refractivity contribution in [1.29, 1.82) is 0 Å². The van der Waals surface area contributed by atoms with Crippen LogP contribution in [0.5, 0.6) is 11.6 Å². The highest BCUT2D eigenvalue weighted by Gasteiger charge is 2.59. The predicted molar refractivity (Wildman–Crippen MR) is 108 cm³/mol. The molecule has 2 heterocycles. The van der Waals surface area contributed by atoms with Crippen LogP contribution in [0.2, 0.25) is 10.2 Å². The number of alkyl halides is 3. The Hall–Kier alpha value is -2.95. The van der Waals surface area contributed by atoms with E-state index in [1.807, 2.05) is 0 Å². The Bertz CT molecular complexity index is 1150. The van der Waals surface area contributed by atoms with Gasteiger partial charge in [-0.05, 0) is 41.5 Å². The van der Waals surface area contributed by atoms with Crippen LogP contribution in [0.25, 0.3) is 0 Å². The van der Waals surface area contributed by atoms with E-state index in [2.05, 4.69) is 15.0 Å². The number of halogens is 5. The van der Waals surface area contributed by atoms with Crippen LogP contribution in [0.4, 0.5) is 13.2 Å². The molecule has 2 unspecified atom stereocenters. The number of ether oxygens (including phenoxy) is 1. The molecule has 3 aromatic rings. The number of hydrogen-bond acceptors (Lipinski definition) is 6. The van der Waals surface area contributed by atoms with Crippen LogP contribution in [0.1, 0.15) is 34.5 Å². The van der Waals surface area contributed by atoms with E-state index >= 15 is 0 Å². The molecule has 0 saturated heterocycles. The molecular formula is C20H14Cl2F3N3O4. The summed E-state index contributed by atoms with van der Waals surface area (Å²) in [5.74, 6) is -2.92. The molecule has 2 aromatic heterocycles. The summed E-state index contributed by atoms with van der Waals surface area (Å²) in [4.78, 5) is 21.9. The fraction of sp³-hybridized carbons (Fsp3) is 0.200. The van der Waals surface area contributed by atoms with Gasteiger partial charge in [0.15, 0.2) is 11.3 Å². The fourth-order valence-electron chi connectivity index (χ4n) is 3.04. The number of carboxylic acids is 1. The van der Waals surface area contributed by atoms with Gasteiger partial charge >= 0.3 is 12.1 Å². The average molecular weight is 488 g/mol. The number of nitrogens with zero attached hydrogens (tertiary/aromatic N) is 3. The Kier molecular flexibility index (Phi) is 6.59. The fourth-order valence-corrected chi connectivity index (χ4v) is 3.50. The molecule has 0 amide bonds. The van der Waals surface area contributed by atoms with Gasteiger partial charge in [0.05, 0.1) is 12.4 Å². The molecule has 0 radical (unpaired) electrons. The molecular weight excluding hydrogens is 474 g/mol. The van der Waals surface area contributed by atoms with Gasteiger partial charge in [0.2, 0.25) is 5.88 Å². The van der Waals surface area contributed by atoms with Gasteiger partial charge in [-0.3, -0.25) is 0 Å². The summed E-state index contributed by atoms with van der Waals surface area (Å²) in [6, 6.07) is 5.85. The molecule has 168 valence electrons. The highest BCUT2D eigenvalue weighted by Crippen LogP contribution is 2.50. The monoisotopic (exact) mass is 487 g/mol. The summed E-state index contributed by atoms with van der Waals surface area (Å²) in [7, 11) is 0. The normalized spacial score (nSPS) is 14.5. The zero-order valence-electron chi connectivity index (χ0n) is 16.1. The largest absolute Gasteiger partial charge is 0.476 e. The number of carbonyl (C=O) groups is 1. The minimum absolute atomic E-state index is 0.0417. The van der Waals surface area contributed by atoms with Gasteiger partial charge in [-0.25, -0.2) is 19.7 Å². The molecule has 2 N–H and O–H groups in total. The molecule has 1 aromatic carbocycles. The number of carboxylic acid groups (broad SMARTS) is 1. The number of benzene rings is 1. The van der Waals surface area contributed by atoms with E-state index in [0.29, 0.717) is 0 Å².